The third-order valence-corrected chi connectivity index (χ3v) is 4.59. The summed E-state index contributed by atoms with van der Waals surface area (Å²) < 4.78 is 14.7. The van der Waals surface area contributed by atoms with E-state index in [-0.39, 0.29) is 30.2 Å². The average Bonchev–Trinajstić information content (AvgIpc) is 2.68. The number of ether oxygens (including phenoxy) is 3. The molecule has 156 valence electrons. The van der Waals surface area contributed by atoms with Crippen LogP contribution in [0.25, 0.3) is 0 Å². The molecule has 4 unspecified atom stereocenters. The Morgan fingerprint density at radius 1 is 1.28 bits per heavy atom. The molecule has 10 nitrogen and oxygen atoms in total. The number of methoxy groups -OCH3 is 1. The van der Waals surface area contributed by atoms with Crippen molar-refractivity contribution in [3.8, 4) is 0 Å². The number of esters is 1. The molecule has 0 saturated carbocycles. The molecule has 0 aromatic heterocycles. The van der Waals surface area contributed by atoms with Gasteiger partial charge in [-0.1, -0.05) is 13.0 Å². The molecule has 1 N–H and O–H groups in total. The first-order valence-corrected chi connectivity index (χ1v) is 8.86. The molecule has 4 atom stereocenters. The van der Waals surface area contributed by atoms with Crippen molar-refractivity contribution >= 4 is 23.7 Å². The van der Waals surface area contributed by atoms with E-state index in [1.807, 2.05) is 6.92 Å². The van der Waals surface area contributed by atoms with Crippen molar-refractivity contribution in [3.63, 3.8) is 0 Å². The lowest BCUT2D eigenvalue weighted by molar-refractivity contribution is -0.384. The Morgan fingerprint density at radius 3 is 2.48 bits per heavy atom. The first-order chi connectivity index (χ1) is 13.7. The third-order valence-electron chi connectivity index (χ3n) is 4.59. The molecular formula is C19H22N2O8. The minimum Gasteiger partial charge on any atom is -0.466 e. The zero-order valence-corrected chi connectivity index (χ0v) is 16.2. The molecule has 1 aromatic rings. The monoisotopic (exact) mass is 406 g/mol. The van der Waals surface area contributed by atoms with Crippen molar-refractivity contribution in [3.05, 3.63) is 52.1 Å². The molecule has 0 radical (unpaired) electrons. The molecule has 0 bridgehead atoms. The molecule has 1 aliphatic heterocycles. The lowest BCUT2D eigenvalue weighted by atomic mass is 9.78. The van der Waals surface area contributed by atoms with Gasteiger partial charge in [0.25, 0.3) is 5.69 Å². The number of carbonyl (C=O) groups is 3. The molecule has 29 heavy (non-hydrogen) atoms. The molecule has 1 heterocycles. The van der Waals surface area contributed by atoms with E-state index in [4.69, 9.17) is 9.47 Å². The summed E-state index contributed by atoms with van der Waals surface area (Å²) in [6.45, 7) is 3.28. The van der Waals surface area contributed by atoms with Crippen LogP contribution in [0.2, 0.25) is 0 Å². The second-order valence-electron chi connectivity index (χ2n) is 6.59. The molecule has 1 aliphatic rings. The standard InChI is InChI=1S/C19H22N2O8/c1-11(4-9-15(22)27-3)17-16(18(23)20-17)12(2)29-19(24)28-10-13-5-7-14(8-6-13)21(25)26/h4-9,11-12,16-17H,10H2,1-3H3,(H,20,23)/b9-4+. The number of nitro benzene ring substituents is 1. The highest BCUT2D eigenvalue weighted by Gasteiger charge is 2.46. The lowest BCUT2D eigenvalue weighted by Crippen LogP contribution is -2.64. The first-order valence-electron chi connectivity index (χ1n) is 8.86. The van der Waals surface area contributed by atoms with Crippen molar-refractivity contribution < 1.29 is 33.5 Å². The Kier molecular flexibility index (Phi) is 7.29. The van der Waals surface area contributed by atoms with Crippen LogP contribution in [0.3, 0.4) is 0 Å². The molecule has 0 spiro atoms. The maximum Gasteiger partial charge on any atom is 0.508 e. The van der Waals surface area contributed by atoms with Gasteiger partial charge in [0.1, 0.15) is 12.7 Å². The quantitative estimate of drug-likeness (QED) is 0.228. The molecule has 0 aliphatic carbocycles. The smallest absolute Gasteiger partial charge is 0.466 e. The molecular weight excluding hydrogens is 384 g/mol. The summed E-state index contributed by atoms with van der Waals surface area (Å²) in [4.78, 5) is 45.1. The molecule has 2 rings (SSSR count). The topological polar surface area (TPSA) is 134 Å². The molecule has 1 aromatic carbocycles. The van der Waals surface area contributed by atoms with Crippen LogP contribution in [-0.4, -0.2) is 42.2 Å². The average molecular weight is 406 g/mol. The normalized spacial score (nSPS) is 20.2. The van der Waals surface area contributed by atoms with E-state index in [1.165, 1.54) is 37.5 Å². The fourth-order valence-electron chi connectivity index (χ4n) is 2.91. The number of non-ortho nitro benzene ring substituents is 1. The minimum absolute atomic E-state index is 0.0673. The number of benzene rings is 1. The van der Waals surface area contributed by atoms with Gasteiger partial charge in [-0.25, -0.2) is 9.59 Å². The Bertz CT molecular complexity index is 805. The largest absolute Gasteiger partial charge is 0.508 e. The maximum atomic E-state index is 11.9. The van der Waals surface area contributed by atoms with Crippen LogP contribution in [0.5, 0.6) is 0 Å². The number of amides is 1. The van der Waals surface area contributed by atoms with Crippen LogP contribution >= 0.6 is 0 Å². The Morgan fingerprint density at radius 2 is 1.93 bits per heavy atom. The number of nitrogens with zero attached hydrogens (tertiary/aromatic N) is 1. The first kappa shape index (κ1) is 21.9. The highest BCUT2D eigenvalue weighted by atomic mass is 16.7. The summed E-state index contributed by atoms with van der Waals surface area (Å²) in [5.41, 5.74) is 0.489. The van der Waals surface area contributed by atoms with Gasteiger partial charge in [-0.05, 0) is 30.5 Å². The zero-order valence-electron chi connectivity index (χ0n) is 16.2. The predicted molar refractivity (Wildman–Crippen MR) is 99.6 cm³/mol. The summed E-state index contributed by atoms with van der Waals surface area (Å²) in [5.74, 6) is -1.53. The number of rotatable bonds is 8. The fraction of sp³-hybridized carbons (Fsp3) is 0.421. The fourth-order valence-corrected chi connectivity index (χ4v) is 2.91. The SMILES string of the molecule is COC(=O)/C=C/C(C)C1NC(=O)C1C(C)OC(=O)OCc1ccc([N+](=O)[O-])cc1. The second kappa shape index (κ2) is 9.67. The van der Waals surface area contributed by atoms with E-state index < -0.39 is 29.1 Å². The summed E-state index contributed by atoms with van der Waals surface area (Å²) >= 11 is 0. The van der Waals surface area contributed by atoms with E-state index in [9.17, 15) is 24.5 Å². The summed E-state index contributed by atoms with van der Waals surface area (Å²) in [6.07, 6.45) is 1.19. The van der Waals surface area contributed by atoms with Gasteiger partial charge >= 0.3 is 12.1 Å². The van der Waals surface area contributed by atoms with E-state index in [2.05, 4.69) is 10.1 Å². The second-order valence-corrected chi connectivity index (χ2v) is 6.59. The molecule has 1 fully saturated rings. The molecule has 1 saturated heterocycles. The van der Waals surface area contributed by atoms with E-state index in [0.717, 1.165) is 0 Å². The number of hydrogen-bond acceptors (Lipinski definition) is 8. The van der Waals surface area contributed by atoms with Crippen molar-refractivity contribution in [2.75, 3.05) is 7.11 Å². The number of β-lactam (4-membered cyclic amide) rings is 1. The van der Waals surface area contributed by atoms with Crippen LogP contribution in [0.4, 0.5) is 10.5 Å². The molecule has 10 heteroatoms. The van der Waals surface area contributed by atoms with Crippen LogP contribution in [-0.2, 0) is 30.4 Å². The van der Waals surface area contributed by atoms with Crippen LogP contribution in [0.1, 0.15) is 19.4 Å². The van der Waals surface area contributed by atoms with Gasteiger partial charge in [-0.15, -0.1) is 0 Å². The maximum absolute atomic E-state index is 11.9. The number of hydrogen-bond donors (Lipinski definition) is 1. The van der Waals surface area contributed by atoms with Gasteiger partial charge in [0.2, 0.25) is 5.91 Å². The van der Waals surface area contributed by atoms with E-state index in [0.29, 0.717) is 5.56 Å². The van der Waals surface area contributed by atoms with Gasteiger partial charge in [-0.2, -0.15) is 0 Å². The summed E-state index contributed by atoms with van der Waals surface area (Å²) in [5, 5.41) is 13.4. The zero-order chi connectivity index (χ0) is 21.6. The van der Waals surface area contributed by atoms with E-state index in [1.54, 1.807) is 13.0 Å². The van der Waals surface area contributed by atoms with Crippen molar-refractivity contribution in [2.24, 2.45) is 11.8 Å². The summed E-state index contributed by atoms with van der Waals surface area (Å²) in [6, 6.07) is 5.25. The van der Waals surface area contributed by atoms with Gasteiger partial charge in [-0.3, -0.25) is 14.9 Å². The van der Waals surface area contributed by atoms with Gasteiger partial charge in [0, 0.05) is 18.2 Å². The van der Waals surface area contributed by atoms with Crippen molar-refractivity contribution in [1.29, 1.82) is 0 Å². The van der Waals surface area contributed by atoms with Crippen molar-refractivity contribution in [1.82, 2.24) is 5.32 Å². The number of nitrogens with one attached hydrogen (secondary N) is 1. The van der Waals surface area contributed by atoms with Crippen LogP contribution in [0.15, 0.2) is 36.4 Å². The van der Waals surface area contributed by atoms with Gasteiger partial charge < -0.3 is 19.5 Å². The lowest BCUT2D eigenvalue weighted by Gasteiger charge is -2.42. The summed E-state index contributed by atoms with van der Waals surface area (Å²) in [7, 11) is 1.27. The van der Waals surface area contributed by atoms with E-state index >= 15 is 0 Å². The van der Waals surface area contributed by atoms with Crippen molar-refractivity contribution in [2.45, 2.75) is 32.6 Å². The highest BCUT2D eigenvalue weighted by molar-refractivity contribution is 5.87. The van der Waals surface area contributed by atoms with Crippen LogP contribution in [0, 0.1) is 22.0 Å². The Labute approximate surface area is 167 Å². The number of nitro groups is 1. The van der Waals surface area contributed by atoms with Gasteiger partial charge in [0.05, 0.1) is 24.0 Å². The highest BCUT2D eigenvalue weighted by Crippen LogP contribution is 2.28. The third kappa shape index (κ3) is 5.77. The predicted octanol–water partition coefficient (Wildman–Crippen LogP) is 2.12. The molecule has 1 amide bonds. The van der Waals surface area contributed by atoms with Gasteiger partial charge in [0.15, 0.2) is 0 Å². The minimum atomic E-state index is -0.952. The Balaban J connectivity index is 1.85. The van der Waals surface area contributed by atoms with Crippen LogP contribution < -0.4 is 5.32 Å². The number of carbonyl (C=O) groups excluding carboxylic acids is 3. The Hall–Kier alpha value is -3.43.